The van der Waals surface area contributed by atoms with Gasteiger partial charge in [0.15, 0.2) is 0 Å². The highest BCUT2D eigenvalue weighted by Gasteiger charge is 2.33. The van der Waals surface area contributed by atoms with Crippen molar-refractivity contribution in [3.63, 3.8) is 0 Å². The van der Waals surface area contributed by atoms with E-state index in [2.05, 4.69) is 6.58 Å². The van der Waals surface area contributed by atoms with Crippen molar-refractivity contribution in [3.8, 4) is 0 Å². The minimum Gasteiger partial charge on any atom is -0.290 e. The summed E-state index contributed by atoms with van der Waals surface area (Å²) in [5, 5.41) is 0. The monoisotopic (exact) mass is 332 g/mol. The highest BCUT2D eigenvalue weighted by molar-refractivity contribution is 6.05. The predicted octanol–water partition coefficient (Wildman–Crippen LogP) is 4.71. The van der Waals surface area contributed by atoms with E-state index in [0.29, 0.717) is 12.2 Å². The van der Waals surface area contributed by atoms with Crippen LogP contribution in [0.5, 0.6) is 0 Å². The molecule has 24 heavy (non-hydrogen) atoms. The summed E-state index contributed by atoms with van der Waals surface area (Å²) in [6, 6.07) is 13.4. The van der Waals surface area contributed by atoms with Gasteiger partial charge in [-0.15, -0.1) is 0 Å². The Kier molecular flexibility index (Phi) is 4.05. The quantitative estimate of drug-likeness (QED) is 0.731. The van der Waals surface area contributed by atoms with Crippen LogP contribution in [0.2, 0.25) is 0 Å². The molecule has 0 N–H and O–H groups in total. The first-order chi connectivity index (χ1) is 11.4. The molecule has 3 rings (SSSR count). The molecule has 2 aromatic carbocycles. The van der Waals surface area contributed by atoms with Gasteiger partial charge >= 0.3 is 12.2 Å². The van der Waals surface area contributed by atoms with Crippen LogP contribution in [0, 0.1) is 0 Å². The number of urea groups is 1. The molecule has 124 valence electrons. The molecule has 1 heterocycles. The van der Waals surface area contributed by atoms with E-state index in [1.54, 1.807) is 24.3 Å². The van der Waals surface area contributed by atoms with Gasteiger partial charge in [0.2, 0.25) is 0 Å². The fraction of sp³-hybridized carbons (Fsp3) is 0.167. The van der Waals surface area contributed by atoms with Crippen molar-refractivity contribution >= 4 is 17.4 Å². The third-order valence-electron chi connectivity index (χ3n) is 3.78. The molecule has 0 aromatic heterocycles. The van der Waals surface area contributed by atoms with E-state index in [4.69, 9.17) is 0 Å². The summed E-state index contributed by atoms with van der Waals surface area (Å²) in [7, 11) is 0. The van der Waals surface area contributed by atoms with Crippen LogP contribution in [-0.2, 0) is 6.18 Å². The second kappa shape index (κ2) is 6.03. The van der Waals surface area contributed by atoms with Crippen LogP contribution in [0.1, 0.15) is 5.56 Å². The second-order valence-corrected chi connectivity index (χ2v) is 5.59. The largest absolute Gasteiger partial charge is 0.416 e. The Labute approximate surface area is 137 Å². The Morgan fingerprint density at radius 3 is 2.08 bits per heavy atom. The van der Waals surface area contributed by atoms with Gasteiger partial charge < -0.3 is 0 Å². The Morgan fingerprint density at radius 2 is 1.46 bits per heavy atom. The van der Waals surface area contributed by atoms with Crippen molar-refractivity contribution in [2.45, 2.75) is 6.18 Å². The minimum absolute atomic E-state index is 0.198. The van der Waals surface area contributed by atoms with Crippen molar-refractivity contribution in [1.82, 2.24) is 0 Å². The smallest absolute Gasteiger partial charge is 0.290 e. The van der Waals surface area contributed by atoms with Crippen LogP contribution in [0.4, 0.5) is 29.3 Å². The molecule has 2 aromatic rings. The van der Waals surface area contributed by atoms with E-state index in [-0.39, 0.29) is 18.3 Å². The Morgan fingerprint density at radius 1 is 0.875 bits per heavy atom. The van der Waals surface area contributed by atoms with Crippen LogP contribution in [0.15, 0.2) is 66.7 Å². The molecule has 0 aliphatic carbocycles. The first-order valence-electron chi connectivity index (χ1n) is 7.34. The Bertz CT molecular complexity index is 771. The molecule has 1 aliphatic rings. The zero-order chi connectivity index (χ0) is 17.3. The van der Waals surface area contributed by atoms with Crippen molar-refractivity contribution in [2.24, 2.45) is 0 Å². The molecule has 2 amide bonds. The van der Waals surface area contributed by atoms with Crippen molar-refractivity contribution in [3.05, 3.63) is 72.3 Å². The third kappa shape index (κ3) is 3.13. The maximum absolute atomic E-state index is 12.9. The number of alkyl halides is 3. The van der Waals surface area contributed by atoms with Crippen molar-refractivity contribution < 1.29 is 18.0 Å². The van der Waals surface area contributed by atoms with Crippen LogP contribution in [-0.4, -0.2) is 19.1 Å². The van der Waals surface area contributed by atoms with E-state index in [9.17, 15) is 18.0 Å². The van der Waals surface area contributed by atoms with Gasteiger partial charge in [-0.1, -0.05) is 30.8 Å². The van der Waals surface area contributed by atoms with Gasteiger partial charge in [-0.05, 0) is 35.9 Å². The fourth-order valence-corrected chi connectivity index (χ4v) is 2.64. The molecule has 6 heteroatoms. The molecule has 0 saturated carbocycles. The predicted molar refractivity (Wildman–Crippen MR) is 87.1 cm³/mol. The third-order valence-corrected chi connectivity index (χ3v) is 3.78. The first-order valence-corrected chi connectivity index (χ1v) is 7.34. The maximum atomic E-state index is 12.9. The van der Waals surface area contributed by atoms with E-state index in [0.717, 1.165) is 17.7 Å². The van der Waals surface area contributed by atoms with Crippen LogP contribution >= 0.6 is 0 Å². The molecule has 1 fully saturated rings. The highest BCUT2D eigenvalue weighted by atomic mass is 19.4. The Balaban J connectivity index is 1.96. The molecule has 0 unspecified atom stereocenters. The summed E-state index contributed by atoms with van der Waals surface area (Å²) in [4.78, 5) is 15.6. The lowest BCUT2D eigenvalue weighted by molar-refractivity contribution is -0.137. The SMILES string of the molecule is C=C1CN(c2ccccc2)C(=O)N(c2cccc(C(F)(F)F)c2)C1. The summed E-state index contributed by atoms with van der Waals surface area (Å²) in [6.07, 6.45) is -4.45. The van der Waals surface area contributed by atoms with Crippen molar-refractivity contribution in [2.75, 3.05) is 22.9 Å². The number of amides is 2. The van der Waals surface area contributed by atoms with Crippen molar-refractivity contribution in [1.29, 1.82) is 0 Å². The molecule has 0 spiro atoms. The average molecular weight is 332 g/mol. The van der Waals surface area contributed by atoms with Crippen LogP contribution < -0.4 is 9.80 Å². The molecular weight excluding hydrogens is 317 g/mol. The van der Waals surface area contributed by atoms with E-state index in [1.165, 1.54) is 21.9 Å². The maximum Gasteiger partial charge on any atom is 0.416 e. The van der Waals surface area contributed by atoms with E-state index < -0.39 is 11.7 Å². The lowest BCUT2D eigenvalue weighted by Gasteiger charge is -2.37. The van der Waals surface area contributed by atoms with Gasteiger partial charge in [0.05, 0.1) is 18.7 Å². The first kappa shape index (κ1) is 16.1. The van der Waals surface area contributed by atoms with Gasteiger partial charge in [-0.3, -0.25) is 9.80 Å². The number of carbonyl (C=O) groups is 1. The van der Waals surface area contributed by atoms with Gasteiger partial charge in [-0.25, -0.2) is 4.79 Å². The number of rotatable bonds is 2. The number of anilines is 2. The summed E-state index contributed by atoms with van der Waals surface area (Å²) < 4.78 is 38.8. The fourth-order valence-electron chi connectivity index (χ4n) is 2.64. The number of nitrogens with zero attached hydrogens (tertiary/aromatic N) is 2. The normalized spacial score (nSPS) is 15.8. The number of hydrogen-bond donors (Lipinski definition) is 0. The molecular formula is C18H15F3N2O. The summed E-state index contributed by atoms with van der Waals surface area (Å²) in [5.41, 5.74) is 0.850. The lowest BCUT2D eigenvalue weighted by atomic mass is 10.1. The molecule has 0 atom stereocenters. The summed E-state index contributed by atoms with van der Waals surface area (Å²) in [5.74, 6) is 0. The number of halogens is 3. The minimum atomic E-state index is -4.45. The Hall–Kier alpha value is -2.76. The number of hydrogen-bond acceptors (Lipinski definition) is 1. The van der Waals surface area contributed by atoms with Crippen LogP contribution in [0.3, 0.4) is 0 Å². The zero-order valence-electron chi connectivity index (χ0n) is 12.8. The van der Waals surface area contributed by atoms with E-state index in [1.807, 2.05) is 6.07 Å². The second-order valence-electron chi connectivity index (χ2n) is 5.59. The number of benzene rings is 2. The van der Waals surface area contributed by atoms with Gasteiger partial charge in [-0.2, -0.15) is 13.2 Å². The molecule has 0 radical (unpaired) electrons. The topological polar surface area (TPSA) is 23.6 Å². The molecule has 1 aliphatic heterocycles. The average Bonchev–Trinajstić information content (AvgIpc) is 2.57. The highest BCUT2D eigenvalue weighted by Crippen LogP contribution is 2.33. The van der Waals surface area contributed by atoms with E-state index >= 15 is 0 Å². The molecule has 0 bridgehead atoms. The van der Waals surface area contributed by atoms with Crippen LogP contribution in [0.25, 0.3) is 0 Å². The number of carbonyl (C=O) groups excluding carboxylic acids is 1. The summed E-state index contributed by atoms with van der Waals surface area (Å²) in [6.45, 7) is 4.46. The number of para-hydroxylation sites is 1. The van der Waals surface area contributed by atoms with Gasteiger partial charge in [0, 0.05) is 11.4 Å². The molecule has 1 saturated heterocycles. The summed E-state index contributed by atoms with van der Waals surface area (Å²) >= 11 is 0. The zero-order valence-corrected chi connectivity index (χ0v) is 12.8. The van der Waals surface area contributed by atoms with Gasteiger partial charge in [0.25, 0.3) is 0 Å². The standard InChI is InChI=1S/C18H15F3N2O/c1-13-11-22(15-7-3-2-4-8-15)17(24)23(12-13)16-9-5-6-14(10-16)18(19,20)21/h2-10H,1,11-12H2. The van der Waals surface area contributed by atoms with Gasteiger partial charge in [0.1, 0.15) is 0 Å². The lowest BCUT2D eigenvalue weighted by Crippen LogP contribution is -2.50. The molecule has 3 nitrogen and oxygen atoms in total.